The normalized spacial score (nSPS) is 12.1. The van der Waals surface area contributed by atoms with Crippen molar-refractivity contribution in [2.45, 2.75) is 232 Å². The van der Waals surface area contributed by atoms with Gasteiger partial charge in [-0.2, -0.15) is 0 Å². The minimum atomic E-state index is -0.955. The van der Waals surface area contributed by atoms with Crippen molar-refractivity contribution in [3.8, 4) is 0 Å². The first-order chi connectivity index (χ1) is 22.5. The molecule has 0 fully saturated rings. The van der Waals surface area contributed by atoms with Crippen molar-refractivity contribution in [2.24, 2.45) is 5.92 Å². The highest BCUT2D eigenvalue weighted by atomic mass is 16.6. The van der Waals surface area contributed by atoms with E-state index in [0.29, 0.717) is 12.8 Å². The van der Waals surface area contributed by atoms with Crippen LogP contribution in [0, 0.1) is 5.92 Å². The maximum absolute atomic E-state index is 12.0. The molecule has 0 spiro atoms. The van der Waals surface area contributed by atoms with Crippen molar-refractivity contribution in [3.05, 3.63) is 0 Å². The van der Waals surface area contributed by atoms with Crippen LogP contribution in [-0.2, 0) is 19.1 Å². The van der Waals surface area contributed by atoms with Crippen LogP contribution < -0.4 is 0 Å². The molecule has 1 atom stereocenters. The minimum absolute atomic E-state index is 0.108. The second-order valence-corrected chi connectivity index (χ2v) is 14.6. The maximum atomic E-state index is 12.0. The Kier molecular flexibility index (Phi) is 35.9. The van der Waals surface area contributed by atoms with Gasteiger partial charge in [-0.15, -0.1) is 0 Å². The summed E-state index contributed by atoms with van der Waals surface area (Å²) in [5, 5.41) is 10.0. The van der Waals surface area contributed by atoms with E-state index in [1.165, 1.54) is 167 Å². The molecule has 0 radical (unpaired) electrons. The van der Waals surface area contributed by atoms with Crippen molar-refractivity contribution in [1.82, 2.24) is 0 Å². The number of rotatable bonds is 37. The highest BCUT2D eigenvalue weighted by Crippen LogP contribution is 2.16. The molecule has 0 aromatic heterocycles. The van der Waals surface area contributed by atoms with Gasteiger partial charge in [0, 0.05) is 12.8 Å². The lowest BCUT2D eigenvalue weighted by atomic mass is 10.0. The topological polar surface area (TPSA) is 72.8 Å². The molecule has 0 saturated carbocycles. The van der Waals surface area contributed by atoms with Crippen molar-refractivity contribution in [2.75, 3.05) is 13.2 Å². The zero-order valence-electron chi connectivity index (χ0n) is 31.3. The molecule has 0 aromatic rings. The predicted octanol–water partition coefficient (Wildman–Crippen LogP) is 12.6. The first-order valence-corrected chi connectivity index (χ1v) is 20.4. The highest BCUT2D eigenvalue weighted by molar-refractivity contribution is 5.69. The average Bonchev–Trinajstić information content (AvgIpc) is 3.04. The molecule has 0 saturated heterocycles. The summed E-state index contributed by atoms with van der Waals surface area (Å²) in [5.74, 6) is 0.306. The fourth-order valence-corrected chi connectivity index (χ4v) is 6.15. The lowest BCUT2D eigenvalue weighted by Crippen LogP contribution is -2.25. The van der Waals surface area contributed by atoms with Crippen LogP contribution >= 0.6 is 0 Å². The Labute approximate surface area is 287 Å². The quantitative estimate of drug-likeness (QED) is 0.0534. The third kappa shape index (κ3) is 37.4. The van der Waals surface area contributed by atoms with Gasteiger partial charge < -0.3 is 14.6 Å². The van der Waals surface area contributed by atoms with Crippen LogP contribution in [0.5, 0.6) is 0 Å². The first kappa shape index (κ1) is 44.9. The van der Waals surface area contributed by atoms with E-state index < -0.39 is 6.10 Å². The van der Waals surface area contributed by atoms with Gasteiger partial charge in [-0.05, 0) is 18.8 Å². The van der Waals surface area contributed by atoms with Crippen LogP contribution in [0.4, 0.5) is 0 Å². The summed E-state index contributed by atoms with van der Waals surface area (Å²) in [5.41, 5.74) is 0. The van der Waals surface area contributed by atoms with E-state index in [4.69, 9.17) is 9.47 Å². The van der Waals surface area contributed by atoms with Crippen molar-refractivity contribution in [1.29, 1.82) is 0 Å². The number of esters is 2. The summed E-state index contributed by atoms with van der Waals surface area (Å²) < 4.78 is 10.3. The van der Waals surface area contributed by atoms with Crippen LogP contribution in [0.25, 0.3) is 0 Å². The second-order valence-electron chi connectivity index (χ2n) is 14.6. The van der Waals surface area contributed by atoms with Gasteiger partial charge in [0.1, 0.15) is 19.3 Å². The number of ether oxygens (including phenoxy) is 2. The zero-order valence-corrected chi connectivity index (χ0v) is 31.3. The Hall–Kier alpha value is -1.10. The number of hydrogen-bond acceptors (Lipinski definition) is 5. The number of carbonyl (C=O) groups is 2. The van der Waals surface area contributed by atoms with E-state index in [0.717, 1.165) is 31.6 Å². The Morgan fingerprint density at radius 3 is 0.978 bits per heavy atom. The molecule has 5 heteroatoms. The van der Waals surface area contributed by atoms with Crippen molar-refractivity contribution in [3.63, 3.8) is 0 Å². The van der Waals surface area contributed by atoms with Gasteiger partial charge in [0.2, 0.25) is 0 Å². The summed E-state index contributed by atoms with van der Waals surface area (Å²) in [7, 11) is 0. The van der Waals surface area contributed by atoms with E-state index in [9.17, 15) is 14.7 Å². The molecule has 0 bridgehead atoms. The third-order valence-corrected chi connectivity index (χ3v) is 9.27. The van der Waals surface area contributed by atoms with Gasteiger partial charge in [0.05, 0.1) is 0 Å². The summed E-state index contributed by atoms with van der Waals surface area (Å²) in [6.07, 6.45) is 38.7. The largest absolute Gasteiger partial charge is 0.463 e. The zero-order chi connectivity index (χ0) is 33.8. The molecule has 0 amide bonds. The van der Waals surface area contributed by atoms with Crippen LogP contribution in [-0.4, -0.2) is 36.4 Å². The van der Waals surface area contributed by atoms with E-state index in [1.807, 2.05) is 0 Å². The van der Waals surface area contributed by atoms with E-state index in [-0.39, 0.29) is 25.2 Å². The SMILES string of the molecule is CCCCCCCCCCCCCCCCC(=O)OC[C@H](O)COC(=O)CCCCCCCCCCCCCCCCCC(C)C. The standard InChI is InChI=1S/C41H80O5/c1-4-5-6-7-8-9-10-11-16-19-22-25-28-31-34-40(43)45-36-39(42)37-46-41(44)35-32-29-26-23-20-17-14-12-13-15-18-21-24-27-30-33-38(2)3/h38-39,42H,4-37H2,1-3H3/t39-/m0/s1. The molecule has 46 heavy (non-hydrogen) atoms. The van der Waals surface area contributed by atoms with Crippen molar-refractivity contribution >= 4 is 11.9 Å². The molecular weight excluding hydrogens is 572 g/mol. The van der Waals surface area contributed by atoms with E-state index in [2.05, 4.69) is 20.8 Å². The Bertz CT molecular complexity index is 634. The highest BCUT2D eigenvalue weighted by Gasteiger charge is 2.12. The first-order valence-electron chi connectivity index (χ1n) is 20.4. The van der Waals surface area contributed by atoms with Gasteiger partial charge >= 0.3 is 11.9 Å². The smallest absolute Gasteiger partial charge is 0.305 e. The van der Waals surface area contributed by atoms with Crippen LogP contribution in [0.1, 0.15) is 226 Å². The lowest BCUT2D eigenvalue weighted by molar-refractivity contribution is -0.152. The Morgan fingerprint density at radius 2 is 0.696 bits per heavy atom. The molecule has 0 aliphatic heterocycles. The maximum Gasteiger partial charge on any atom is 0.305 e. The number of aliphatic hydroxyl groups excluding tert-OH is 1. The monoisotopic (exact) mass is 653 g/mol. The Morgan fingerprint density at radius 1 is 0.435 bits per heavy atom. The van der Waals surface area contributed by atoms with Gasteiger partial charge in [0.15, 0.2) is 0 Å². The summed E-state index contributed by atoms with van der Waals surface area (Å²) in [4.78, 5) is 23.9. The number of aliphatic hydroxyl groups is 1. The molecule has 0 heterocycles. The van der Waals surface area contributed by atoms with Gasteiger partial charge in [-0.3, -0.25) is 9.59 Å². The molecule has 0 aliphatic carbocycles. The molecule has 0 unspecified atom stereocenters. The van der Waals surface area contributed by atoms with Crippen LogP contribution in [0.15, 0.2) is 0 Å². The summed E-state index contributed by atoms with van der Waals surface area (Å²) in [6.45, 7) is 6.69. The van der Waals surface area contributed by atoms with Crippen LogP contribution in [0.2, 0.25) is 0 Å². The van der Waals surface area contributed by atoms with Crippen LogP contribution in [0.3, 0.4) is 0 Å². The molecule has 0 aliphatic rings. The Balaban J connectivity index is 3.37. The lowest BCUT2D eigenvalue weighted by Gasteiger charge is -2.12. The average molecular weight is 653 g/mol. The predicted molar refractivity (Wildman–Crippen MR) is 196 cm³/mol. The minimum Gasteiger partial charge on any atom is -0.463 e. The summed E-state index contributed by atoms with van der Waals surface area (Å²) in [6, 6.07) is 0. The second kappa shape index (κ2) is 36.7. The molecule has 0 aromatic carbocycles. The number of hydrogen-bond donors (Lipinski definition) is 1. The van der Waals surface area contributed by atoms with Crippen molar-refractivity contribution < 1.29 is 24.2 Å². The molecular formula is C41H80O5. The van der Waals surface area contributed by atoms with Gasteiger partial charge in [-0.25, -0.2) is 0 Å². The summed E-state index contributed by atoms with van der Waals surface area (Å²) >= 11 is 0. The molecule has 1 N–H and O–H groups in total. The molecule has 274 valence electrons. The fourth-order valence-electron chi connectivity index (χ4n) is 6.15. The van der Waals surface area contributed by atoms with Gasteiger partial charge in [-0.1, -0.05) is 201 Å². The number of carbonyl (C=O) groups excluding carboxylic acids is 2. The van der Waals surface area contributed by atoms with E-state index in [1.54, 1.807) is 0 Å². The van der Waals surface area contributed by atoms with Gasteiger partial charge in [0.25, 0.3) is 0 Å². The fraction of sp³-hybridized carbons (Fsp3) is 0.951. The molecule has 5 nitrogen and oxygen atoms in total. The third-order valence-electron chi connectivity index (χ3n) is 9.27. The van der Waals surface area contributed by atoms with E-state index >= 15 is 0 Å². The number of unbranched alkanes of at least 4 members (excludes halogenated alkanes) is 27. The molecule has 0 rings (SSSR count).